The summed E-state index contributed by atoms with van der Waals surface area (Å²) in [6.07, 6.45) is -5.09. The molecule has 0 amide bonds. The first-order valence-electron chi connectivity index (χ1n) is 5.85. The molecule has 114 valence electrons. The third-order valence-electron chi connectivity index (χ3n) is 3.10. The van der Waals surface area contributed by atoms with E-state index in [9.17, 15) is 19.4 Å². The van der Waals surface area contributed by atoms with Crippen molar-refractivity contribution in [1.29, 1.82) is 0 Å². The summed E-state index contributed by atoms with van der Waals surface area (Å²) < 4.78 is 20.9. The molecule has 8 nitrogen and oxygen atoms in total. The third kappa shape index (κ3) is 2.58. The van der Waals surface area contributed by atoms with Crippen LogP contribution in [0.5, 0.6) is 0 Å². The number of nitrogens with two attached hydrogens (primary N) is 1. The fourth-order valence-corrected chi connectivity index (χ4v) is 2.22. The second kappa shape index (κ2) is 5.57. The van der Waals surface area contributed by atoms with E-state index < -0.39 is 35.9 Å². The molecule has 0 saturated carbocycles. The average Bonchev–Trinajstić information content (AvgIpc) is 2.64. The van der Waals surface area contributed by atoms with E-state index in [2.05, 4.69) is 9.97 Å². The number of aliphatic hydroxyl groups is 2. The van der Waals surface area contributed by atoms with Crippen molar-refractivity contribution in [2.45, 2.75) is 37.1 Å². The minimum atomic E-state index is -2.72. The van der Waals surface area contributed by atoms with E-state index in [-0.39, 0.29) is 5.95 Å². The van der Waals surface area contributed by atoms with Crippen LogP contribution >= 0.6 is 11.6 Å². The summed E-state index contributed by atoms with van der Waals surface area (Å²) >= 11 is 5.21. The summed E-state index contributed by atoms with van der Waals surface area (Å²) in [6, 6.07) is 0. The normalized spacial score (nSPS) is 33.3. The Labute approximate surface area is 123 Å². The smallest absolute Gasteiger partial charge is 0.354 e. The van der Waals surface area contributed by atoms with Gasteiger partial charge in [0.15, 0.2) is 6.23 Å². The van der Waals surface area contributed by atoms with Gasteiger partial charge in [0.25, 0.3) is 0 Å². The fourth-order valence-electron chi connectivity index (χ4n) is 2.08. The minimum Gasteiger partial charge on any atom is -0.391 e. The maximum Gasteiger partial charge on any atom is 0.354 e. The Morgan fingerprint density at radius 2 is 2.38 bits per heavy atom. The van der Waals surface area contributed by atoms with E-state index in [0.717, 1.165) is 6.33 Å². The number of aromatic nitrogens is 3. The molecule has 1 saturated heterocycles. The molecule has 1 aromatic rings. The first-order chi connectivity index (χ1) is 9.81. The van der Waals surface area contributed by atoms with Gasteiger partial charge >= 0.3 is 5.69 Å². The topological polar surface area (TPSA) is 123 Å². The molecule has 5 atom stereocenters. The minimum absolute atomic E-state index is 0.297. The van der Waals surface area contributed by atoms with Gasteiger partial charge in [0.05, 0.1) is 6.10 Å². The zero-order valence-electron chi connectivity index (χ0n) is 10.8. The number of halogens is 2. The molecule has 1 aliphatic heterocycles. The molecular formula is C11H12ClFN4O4. The summed E-state index contributed by atoms with van der Waals surface area (Å²) in [5, 5.41) is 21.3. The highest BCUT2D eigenvalue weighted by atomic mass is 35.5. The lowest BCUT2D eigenvalue weighted by molar-refractivity contribution is -0.0806. The molecule has 0 aromatic carbocycles. The molecular weight excluding hydrogens is 307 g/mol. The Morgan fingerprint density at radius 3 is 2.90 bits per heavy atom. The predicted molar refractivity (Wildman–Crippen MR) is 69.8 cm³/mol. The largest absolute Gasteiger partial charge is 0.391 e. The van der Waals surface area contributed by atoms with E-state index in [1.165, 1.54) is 6.92 Å². The number of hydrogen-bond acceptors (Lipinski definition) is 7. The van der Waals surface area contributed by atoms with Crippen LogP contribution in [-0.2, 0) is 4.74 Å². The van der Waals surface area contributed by atoms with Crippen LogP contribution in [0.4, 0.5) is 10.3 Å². The summed E-state index contributed by atoms with van der Waals surface area (Å²) in [7, 11) is 0. The number of ether oxygens (including phenoxy) is 1. The lowest BCUT2D eigenvalue weighted by Gasteiger charge is -2.23. The van der Waals surface area contributed by atoms with E-state index >= 15 is 0 Å². The highest BCUT2D eigenvalue weighted by Gasteiger charge is 2.59. The molecule has 10 heteroatoms. The van der Waals surface area contributed by atoms with Crippen molar-refractivity contribution in [2.75, 3.05) is 5.73 Å². The lowest BCUT2D eigenvalue weighted by Crippen LogP contribution is -2.45. The number of anilines is 1. The van der Waals surface area contributed by atoms with Crippen LogP contribution in [-0.4, -0.2) is 48.7 Å². The lowest BCUT2D eigenvalue weighted by atomic mass is 9.95. The van der Waals surface area contributed by atoms with Crippen molar-refractivity contribution >= 4 is 17.5 Å². The van der Waals surface area contributed by atoms with Crippen LogP contribution < -0.4 is 11.4 Å². The molecule has 4 N–H and O–H groups in total. The van der Waals surface area contributed by atoms with Gasteiger partial charge in [-0.15, -0.1) is 0 Å². The molecule has 0 radical (unpaired) electrons. The number of alkyl halides is 1. The van der Waals surface area contributed by atoms with Crippen molar-refractivity contribution in [3.05, 3.63) is 16.8 Å². The van der Waals surface area contributed by atoms with Crippen LogP contribution in [0.15, 0.2) is 11.1 Å². The third-order valence-corrected chi connectivity index (χ3v) is 3.19. The molecule has 1 fully saturated rings. The van der Waals surface area contributed by atoms with E-state index in [1.54, 1.807) is 0 Å². The van der Waals surface area contributed by atoms with Gasteiger partial charge in [0, 0.05) is 5.38 Å². The number of hydrogen-bond donors (Lipinski definition) is 3. The molecule has 0 spiro atoms. The molecule has 1 aromatic heterocycles. The standard InChI is InChI=1S/C11H12ClFN4O4/c1-5(18)6-7(19)11(13,2-3-12)8(21-6)17-4-15-9(14)16-10(17)20/h4-8,18-19H,1H3,(H2,14,16,20)/t5-,6+,7-,8+,11?/m0/s1. The van der Waals surface area contributed by atoms with Gasteiger partial charge in [0.1, 0.15) is 18.5 Å². The van der Waals surface area contributed by atoms with Gasteiger partial charge < -0.3 is 20.7 Å². The molecule has 0 bridgehead atoms. The summed E-state index contributed by atoms with van der Waals surface area (Å²) in [5.74, 6) is 1.67. The predicted octanol–water partition coefficient (Wildman–Crippen LogP) is -1.23. The number of rotatable bonds is 2. The molecule has 1 unspecified atom stereocenters. The quantitative estimate of drug-likeness (QED) is 0.583. The maximum atomic E-state index is 15.0. The monoisotopic (exact) mass is 318 g/mol. The zero-order valence-corrected chi connectivity index (χ0v) is 11.5. The number of aliphatic hydroxyl groups excluding tert-OH is 2. The highest BCUT2D eigenvalue weighted by molar-refractivity contribution is 6.30. The Kier molecular flexibility index (Phi) is 4.15. The first kappa shape index (κ1) is 15.7. The molecule has 2 heterocycles. The van der Waals surface area contributed by atoms with Gasteiger partial charge in [-0.1, -0.05) is 0 Å². The van der Waals surface area contributed by atoms with Gasteiger partial charge in [-0.3, -0.25) is 4.57 Å². The van der Waals surface area contributed by atoms with Crippen molar-refractivity contribution in [2.24, 2.45) is 0 Å². The molecule has 2 rings (SSSR count). The second-order valence-corrected chi connectivity index (χ2v) is 4.72. The van der Waals surface area contributed by atoms with Gasteiger partial charge in [0.2, 0.25) is 11.6 Å². The fraction of sp³-hybridized carbons (Fsp3) is 0.545. The number of nitrogen functional groups attached to an aromatic ring is 1. The Bertz CT molecular complexity index is 658. The van der Waals surface area contributed by atoms with Gasteiger partial charge in [-0.2, -0.15) is 4.98 Å². The van der Waals surface area contributed by atoms with Crippen molar-refractivity contribution in [1.82, 2.24) is 14.5 Å². The van der Waals surface area contributed by atoms with Crippen LogP contribution in [0.3, 0.4) is 0 Å². The summed E-state index contributed by atoms with van der Waals surface area (Å²) in [5.41, 5.74) is 1.59. The first-order valence-corrected chi connectivity index (χ1v) is 6.23. The molecule has 1 aliphatic rings. The van der Waals surface area contributed by atoms with E-state index in [0.29, 0.717) is 4.57 Å². The van der Waals surface area contributed by atoms with Crippen LogP contribution in [0.2, 0.25) is 0 Å². The van der Waals surface area contributed by atoms with Crippen LogP contribution in [0, 0.1) is 11.3 Å². The highest BCUT2D eigenvalue weighted by Crippen LogP contribution is 2.41. The van der Waals surface area contributed by atoms with Crippen molar-refractivity contribution < 1.29 is 19.3 Å². The van der Waals surface area contributed by atoms with Crippen molar-refractivity contribution in [3.8, 4) is 11.3 Å². The SMILES string of the molecule is C[C@H](O)[C@H]1O[C@@H](n2cnc(N)nc2=O)C(F)(C#CCl)[C@H]1O. The summed E-state index contributed by atoms with van der Waals surface area (Å²) in [4.78, 5) is 18.7. The maximum absolute atomic E-state index is 15.0. The Balaban J connectivity index is 2.54. The van der Waals surface area contributed by atoms with E-state index in [1.807, 2.05) is 11.3 Å². The summed E-state index contributed by atoms with van der Waals surface area (Å²) in [6.45, 7) is 1.30. The molecule has 21 heavy (non-hydrogen) atoms. The van der Waals surface area contributed by atoms with Gasteiger partial charge in [-0.25, -0.2) is 14.2 Å². The zero-order chi connectivity index (χ0) is 15.8. The number of nitrogens with zero attached hydrogens (tertiary/aromatic N) is 3. The van der Waals surface area contributed by atoms with Crippen LogP contribution in [0.25, 0.3) is 0 Å². The van der Waals surface area contributed by atoms with Crippen molar-refractivity contribution in [3.63, 3.8) is 0 Å². The second-order valence-electron chi connectivity index (χ2n) is 4.53. The average molecular weight is 319 g/mol. The Hall–Kier alpha value is -1.73. The van der Waals surface area contributed by atoms with Gasteiger partial charge in [-0.05, 0) is 24.4 Å². The Morgan fingerprint density at radius 1 is 1.71 bits per heavy atom. The van der Waals surface area contributed by atoms with Crippen LogP contribution in [0.1, 0.15) is 13.2 Å². The van der Waals surface area contributed by atoms with E-state index in [4.69, 9.17) is 22.1 Å². The molecule has 0 aliphatic carbocycles.